The minimum Gasteiger partial charge on any atom is -0.493 e. The fraction of sp³-hybridized carbons (Fsp3) is 0.333. The van der Waals surface area contributed by atoms with Crippen molar-refractivity contribution in [3.05, 3.63) is 79.9 Å². The molecule has 0 aliphatic carbocycles. The summed E-state index contributed by atoms with van der Waals surface area (Å²) in [5.41, 5.74) is 6.55. The Morgan fingerprint density at radius 2 is 1.90 bits per heavy atom. The number of methoxy groups -OCH3 is 1. The first-order valence-electron chi connectivity index (χ1n) is 13.7. The molecule has 0 atom stereocenters. The number of benzene rings is 2. The lowest BCUT2D eigenvalue weighted by molar-refractivity contribution is 0.0946. The highest BCUT2D eigenvalue weighted by atomic mass is 16.5. The Kier molecular flexibility index (Phi) is 7.93. The Morgan fingerprint density at radius 3 is 2.60 bits per heavy atom. The second-order valence-electron chi connectivity index (χ2n) is 10.1. The number of amides is 1. The molecule has 4 aromatic rings. The molecule has 0 bridgehead atoms. The average molecular weight is 569 g/mol. The van der Waals surface area contributed by atoms with Crippen LogP contribution in [0.15, 0.2) is 40.1 Å². The summed E-state index contributed by atoms with van der Waals surface area (Å²) in [4.78, 5) is 31.7. The van der Waals surface area contributed by atoms with Crippen molar-refractivity contribution < 1.29 is 14.3 Å². The number of aromatic nitrogens is 5. The number of hydrogen-bond donors (Lipinski definition) is 2. The van der Waals surface area contributed by atoms with Crippen LogP contribution in [0.3, 0.4) is 0 Å². The van der Waals surface area contributed by atoms with E-state index in [9.17, 15) is 9.59 Å². The molecular formula is C30H32N8O4. The standard InChI is InChI=1S/C30H32N8O4/c1-6-42-25-13-20-7-9-37-23(21(20)14-24(25)41-5)15-26(33-27-18(3)11-17(2)12-19(27)4)38(30(37)40)10-8-32-29(39)28-22(16-31)34-36-35-28/h11-15H,6-10H2,1-5H3,(H,32,39)(H,34,35,36). The Hall–Kier alpha value is -5.18. The van der Waals surface area contributed by atoms with Crippen LogP contribution in [0.1, 0.15) is 45.4 Å². The lowest BCUT2D eigenvalue weighted by Crippen LogP contribution is -2.44. The molecule has 0 fully saturated rings. The van der Waals surface area contributed by atoms with Crippen molar-refractivity contribution in [2.75, 3.05) is 20.3 Å². The fourth-order valence-electron chi connectivity index (χ4n) is 5.37. The highest BCUT2D eigenvalue weighted by molar-refractivity contribution is 5.93. The molecule has 2 N–H and O–H groups in total. The molecule has 12 heteroatoms. The first-order valence-corrected chi connectivity index (χ1v) is 13.7. The van der Waals surface area contributed by atoms with Gasteiger partial charge in [-0.3, -0.25) is 13.9 Å². The summed E-state index contributed by atoms with van der Waals surface area (Å²) in [6, 6.07) is 11.7. The van der Waals surface area contributed by atoms with Crippen LogP contribution in [0.5, 0.6) is 11.5 Å². The number of nitrogens with one attached hydrogen (secondary N) is 2. The molecule has 1 amide bonds. The molecule has 12 nitrogen and oxygen atoms in total. The van der Waals surface area contributed by atoms with E-state index in [0.717, 1.165) is 39.2 Å². The SMILES string of the molecule is CCOc1cc2c(cc1OC)-c1cc(=Nc3c(C)cc(C)cc3C)n(CCNC(=O)c3n[nH]nc3C#N)c(=O)n1CC2. The number of fused-ring (bicyclic) bond motifs is 3. The van der Waals surface area contributed by atoms with Crippen molar-refractivity contribution in [3.63, 3.8) is 0 Å². The van der Waals surface area contributed by atoms with Crippen molar-refractivity contribution >= 4 is 11.6 Å². The third-order valence-corrected chi connectivity index (χ3v) is 7.22. The number of carbonyl (C=O) groups is 1. The van der Waals surface area contributed by atoms with Crippen molar-refractivity contribution in [2.45, 2.75) is 47.2 Å². The van der Waals surface area contributed by atoms with Crippen molar-refractivity contribution in [3.8, 4) is 28.8 Å². The molecule has 0 saturated carbocycles. The van der Waals surface area contributed by atoms with Gasteiger partial charge in [-0.2, -0.15) is 10.5 Å². The van der Waals surface area contributed by atoms with Crippen LogP contribution >= 0.6 is 0 Å². The van der Waals surface area contributed by atoms with Crippen molar-refractivity contribution in [1.29, 1.82) is 5.26 Å². The number of aryl methyl sites for hydroxylation is 4. The summed E-state index contributed by atoms with van der Waals surface area (Å²) < 4.78 is 14.7. The summed E-state index contributed by atoms with van der Waals surface area (Å²) in [6.07, 6.45) is 0.638. The van der Waals surface area contributed by atoms with E-state index in [1.807, 2.05) is 52.0 Å². The highest BCUT2D eigenvalue weighted by Crippen LogP contribution is 2.37. The quantitative estimate of drug-likeness (QED) is 0.332. The number of ether oxygens (including phenoxy) is 2. The number of hydrogen-bond acceptors (Lipinski definition) is 8. The molecule has 42 heavy (non-hydrogen) atoms. The molecule has 2 aromatic carbocycles. The number of nitrogens with zero attached hydrogens (tertiary/aromatic N) is 6. The Balaban J connectivity index is 1.62. The van der Waals surface area contributed by atoms with Gasteiger partial charge in [0.25, 0.3) is 5.91 Å². The zero-order valence-electron chi connectivity index (χ0n) is 24.2. The normalized spacial score (nSPS) is 12.3. The molecule has 216 valence electrons. The van der Waals surface area contributed by atoms with Gasteiger partial charge in [0.2, 0.25) is 0 Å². The summed E-state index contributed by atoms with van der Waals surface area (Å²) in [6.45, 7) is 9.17. The second kappa shape index (κ2) is 11.7. The minimum atomic E-state index is -0.561. The molecule has 5 rings (SSSR count). The topological polar surface area (TPSA) is 152 Å². The van der Waals surface area contributed by atoms with Gasteiger partial charge >= 0.3 is 5.69 Å². The first kappa shape index (κ1) is 28.4. The van der Waals surface area contributed by atoms with E-state index >= 15 is 0 Å². The summed E-state index contributed by atoms with van der Waals surface area (Å²) in [5, 5.41) is 21.6. The van der Waals surface area contributed by atoms with Crippen LogP contribution in [-0.4, -0.2) is 50.7 Å². The first-order chi connectivity index (χ1) is 20.2. The predicted molar refractivity (Wildman–Crippen MR) is 155 cm³/mol. The number of aromatic amines is 1. The van der Waals surface area contributed by atoms with E-state index in [4.69, 9.17) is 19.7 Å². The summed E-state index contributed by atoms with van der Waals surface area (Å²) in [5.74, 6) is 0.691. The van der Waals surface area contributed by atoms with Gasteiger partial charge in [-0.25, -0.2) is 9.79 Å². The van der Waals surface area contributed by atoms with Gasteiger partial charge in [-0.1, -0.05) is 17.7 Å². The molecule has 0 unspecified atom stereocenters. The van der Waals surface area contributed by atoms with Gasteiger partial charge in [0.15, 0.2) is 22.9 Å². The van der Waals surface area contributed by atoms with Gasteiger partial charge in [0.05, 0.1) is 25.1 Å². The van der Waals surface area contributed by atoms with Crippen LogP contribution in [-0.2, 0) is 19.5 Å². The minimum absolute atomic E-state index is 0.0996. The molecule has 2 aromatic heterocycles. The molecule has 1 aliphatic heterocycles. The molecule has 3 heterocycles. The van der Waals surface area contributed by atoms with Crippen molar-refractivity contribution in [2.24, 2.45) is 4.99 Å². The summed E-state index contributed by atoms with van der Waals surface area (Å²) in [7, 11) is 1.59. The smallest absolute Gasteiger partial charge is 0.330 e. The van der Waals surface area contributed by atoms with E-state index in [0.29, 0.717) is 36.6 Å². The van der Waals surface area contributed by atoms with Gasteiger partial charge < -0.3 is 14.8 Å². The molecule has 0 radical (unpaired) electrons. The van der Waals surface area contributed by atoms with Crippen LogP contribution in [0, 0.1) is 32.1 Å². The molecule has 0 spiro atoms. The number of rotatable bonds is 8. The van der Waals surface area contributed by atoms with Gasteiger partial charge in [0, 0.05) is 31.3 Å². The monoisotopic (exact) mass is 568 g/mol. The van der Waals surface area contributed by atoms with E-state index < -0.39 is 5.91 Å². The predicted octanol–water partition coefficient (Wildman–Crippen LogP) is 2.86. The van der Waals surface area contributed by atoms with Crippen molar-refractivity contribution in [1.82, 2.24) is 29.9 Å². The van der Waals surface area contributed by atoms with E-state index in [1.165, 1.54) is 0 Å². The van der Waals surface area contributed by atoms with Crippen LogP contribution in [0.4, 0.5) is 5.69 Å². The maximum atomic E-state index is 14.0. The van der Waals surface area contributed by atoms with Crippen LogP contribution < -0.4 is 26.0 Å². The van der Waals surface area contributed by atoms with Gasteiger partial charge in [-0.05, 0) is 62.9 Å². The zero-order chi connectivity index (χ0) is 30.0. The number of carbonyl (C=O) groups excluding carboxylic acids is 1. The zero-order valence-corrected chi connectivity index (χ0v) is 24.2. The second-order valence-corrected chi connectivity index (χ2v) is 10.1. The number of nitriles is 1. The summed E-state index contributed by atoms with van der Waals surface area (Å²) >= 11 is 0. The largest absolute Gasteiger partial charge is 0.493 e. The van der Waals surface area contributed by atoms with Gasteiger partial charge in [-0.15, -0.1) is 10.2 Å². The van der Waals surface area contributed by atoms with Crippen LogP contribution in [0.25, 0.3) is 11.3 Å². The Labute approximate surface area is 242 Å². The highest BCUT2D eigenvalue weighted by Gasteiger charge is 2.23. The van der Waals surface area contributed by atoms with Gasteiger partial charge in [0.1, 0.15) is 11.6 Å². The lowest BCUT2D eigenvalue weighted by Gasteiger charge is -2.25. The van der Waals surface area contributed by atoms with E-state index in [-0.39, 0.29) is 30.2 Å². The number of H-pyrrole nitrogens is 1. The third kappa shape index (κ3) is 5.28. The maximum Gasteiger partial charge on any atom is 0.330 e. The lowest BCUT2D eigenvalue weighted by atomic mass is 9.97. The fourth-order valence-corrected chi connectivity index (χ4v) is 5.37. The molecule has 0 saturated heterocycles. The Morgan fingerprint density at radius 1 is 1.14 bits per heavy atom. The average Bonchev–Trinajstić information content (AvgIpc) is 3.45. The third-order valence-electron chi connectivity index (χ3n) is 7.22. The maximum absolute atomic E-state index is 14.0. The van der Waals surface area contributed by atoms with E-state index in [1.54, 1.807) is 16.2 Å². The van der Waals surface area contributed by atoms with Crippen LogP contribution in [0.2, 0.25) is 0 Å². The molecular weight excluding hydrogens is 536 g/mol. The van der Waals surface area contributed by atoms with E-state index in [2.05, 4.69) is 32.9 Å². The Bertz CT molecular complexity index is 1840. The molecule has 1 aliphatic rings.